The minimum Gasteiger partial charge on any atom is -0.443 e. The molecule has 1 aromatic rings. The number of nitrogens with zero attached hydrogens (tertiary/aromatic N) is 1. The third-order valence-electron chi connectivity index (χ3n) is 3.94. The smallest absolute Gasteiger partial charge is 0.242 e. The first kappa shape index (κ1) is 12.9. The molecular formula is C16H17NO3. The fourth-order valence-corrected chi connectivity index (χ4v) is 2.95. The van der Waals surface area contributed by atoms with Gasteiger partial charge in [0.25, 0.3) is 0 Å². The van der Waals surface area contributed by atoms with Crippen molar-refractivity contribution in [3.63, 3.8) is 0 Å². The van der Waals surface area contributed by atoms with Crippen molar-refractivity contribution in [1.29, 1.82) is 0 Å². The lowest BCUT2D eigenvalue weighted by Crippen LogP contribution is -2.19. The predicted molar refractivity (Wildman–Crippen MR) is 74.7 cm³/mol. The number of carbonyl (C=O) groups excluding carboxylic acids is 1. The standard InChI is InChI=1S/C16H17NO3/c1-9-3-5-11(6-4-9)14-15-12(18)7-10(2)8-13(15)20-16(14)17-19/h3-6,10,14,19H,7-8H2,1-2H3/b17-16+. The molecule has 104 valence electrons. The first-order valence-electron chi connectivity index (χ1n) is 6.82. The second-order valence-corrected chi connectivity index (χ2v) is 5.66. The van der Waals surface area contributed by atoms with Crippen molar-refractivity contribution in [2.24, 2.45) is 11.1 Å². The Bertz CT molecular complexity index is 613. The Morgan fingerprint density at radius 2 is 1.95 bits per heavy atom. The van der Waals surface area contributed by atoms with Gasteiger partial charge in [-0.1, -0.05) is 41.9 Å². The summed E-state index contributed by atoms with van der Waals surface area (Å²) < 4.78 is 5.61. The van der Waals surface area contributed by atoms with Gasteiger partial charge in [0.2, 0.25) is 5.90 Å². The van der Waals surface area contributed by atoms with Gasteiger partial charge in [-0.3, -0.25) is 4.79 Å². The van der Waals surface area contributed by atoms with Crippen LogP contribution in [0.25, 0.3) is 0 Å². The largest absolute Gasteiger partial charge is 0.443 e. The highest BCUT2D eigenvalue weighted by atomic mass is 16.5. The van der Waals surface area contributed by atoms with Gasteiger partial charge in [-0.05, 0) is 18.4 Å². The van der Waals surface area contributed by atoms with Gasteiger partial charge in [0.1, 0.15) is 5.76 Å². The number of oxime groups is 1. The van der Waals surface area contributed by atoms with Crippen molar-refractivity contribution in [3.05, 3.63) is 46.7 Å². The first-order valence-corrected chi connectivity index (χ1v) is 6.82. The lowest BCUT2D eigenvalue weighted by molar-refractivity contribution is -0.117. The van der Waals surface area contributed by atoms with Gasteiger partial charge in [0, 0.05) is 12.8 Å². The summed E-state index contributed by atoms with van der Waals surface area (Å²) in [6.45, 7) is 4.04. The number of Topliss-reactive ketones (excluding diaryl/α,β-unsaturated/α-hetero) is 1. The lowest BCUT2D eigenvalue weighted by atomic mass is 9.81. The van der Waals surface area contributed by atoms with E-state index in [0.717, 1.165) is 17.5 Å². The Labute approximate surface area is 117 Å². The lowest BCUT2D eigenvalue weighted by Gasteiger charge is -2.19. The fraction of sp³-hybridized carbons (Fsp3) is 0.375. The molecule has 0 aromatic heterocycles. The number of allylic oxidation sites excluding steroid dienone is 1. The minimum atomic E-state index is -0.365. The molecule has 0 saturated carbocycles. The second kappa shape index (κ2) is 4.78. The average molecular weight is 271 g/mol. The van der Waals surface area contributed by atoms with Crippen LogP contribution in [-0.4, -0.2) is 16.9 Å². The van der Waals surface area contributed by atoms with Gasteiger partial charge >= 0.3 is 0 Å². The number of aryl methyl sites for hydroxylation is 1. The molecule has 2 atom stereocenters. The molecular weight excluding hydrogens is 254 g/mol. The zero-order chi connectivity index (χ0) is 14.3. The quantitative estimate of drug-likeness (QED) is 0.630. The zero-order valence-corrected chi connectivity index (χ0v) is 11.6. The molecule has 1 aliphatic carbocycles. The molecule has 0 radical (unpaired) electrons. The van der Waals surface area contributed by atoms with Crippen LogP contribution in [0.2, 0.25) is 0 Å². The molecule has 1 aliphatic heterocycles. The highest BCUT2D eigenvalue weighted by molar-refractivity contribution is 6.08. The third-order valence-corrected chi connectivity index (χ3v) is 3.94. The van der Waals surface area contributed by atoms with Crippen molar-refractivity contribution in [1.82, 2.24) is 0 Å². The van der Waals surface area contributed by atoms with Crippen LogP contribution in [0, 0.1) is 12.8 Å². The number of ketones is 1. The summed E-state index contributed by atoms with van der Waals surface area (Å²) in [5, 5.41) is 12.4. The summed E-state index contributed by atoms with van der Waals surface area (Å²) in [5.41, 5.74) is 2.74. The first-order chi connectivity index (χ1) is 9.60. The predicted octanol–water partition coefficient (Wildman–Crippen LogP) is 3.15. The van der Waals surface area contributed by atoms with Crippen LogP contribution < -0.4 is 0 Å². The van der Waals surface area contributed by atoms with E-state index in [1.807, 2.05) is 38.1 Å². The number of carbonyl (C=O) groups is 1. The highest BCUT2D eigenvalue weighted by Crippen LogP contribution is 2.42. The van der Waals surface area contributed by atoms with E-state index in [1.54, 1.807) is 0 Å². The van der Waals surface area contributed by atoms with Crippen molar-refractivity contribution in [3.8, 4) is 0 Å². The van der Waals surface area contributed by atoms with Crippen molar-refractivity contribution >= 4 is 11.7 Å². The van der Waals surface area contributed by atoms with E-state index in [4.69, 9.17) is 4.74 Å². The summed E-state index contributed by atoms with van der Waals surface area (Å²) in [4.78, 5) is 12.3. The molecule has 1 aromatic carbocycles. The molecule has 0 spiro atoms. The van der Waals surface area contributed by atoms with E-state index in [0.29, 0.717) is 17.8 Å². The van der Waals surface area contributed by atoms with Gasteiger partial charge in [0.05, 0.1) is 11.5 Å². The van der Waals surface area contributed by atoms with E-state index in [1.165, 1.54) is 0 Å². The Hall–Kier alpha value is -2.10. The highest BCUT2D eigenvalue weighted by Gasteiger charge is 2.42. The average Bonchev–Trinajstić information content (AvgIpc) is 2.78. The molecule has 4 nitrogen and oxygen atoms in total. The fourth-order valence-electron chi connectivity index (χ4n) is 2.95. The molecule has 0 amide bonds. The van der Waals surface area contributed by atoms with Crippen LogP contribution in [-0.2, 0) is 9.53 Å². The van der Waals surface area contributed by atoms with E-state index in [9.17, 15) is 10.0 Å². The summed E-state index contributed by atoms with van der Waals surface area (Å²) in [5.74, 6) is 0.893. The maximum atomic E-state index is 12.3. The number of rotatable bonds is 1. The van der Waals surface area contributed by atoms with Crippen LogP contribution in [0.1, 0.15) is 36.8 Å². The molecule has 2 unspecified atom stereocenters. The molecule has 1 heterocycles. The van der Waals surface area contributed by atoms with E-state index in [-0.39, 0.29) is 23.5 Å². The van der Waals surface area contributed by atoms with Crippen molar-refractivity contribution < 1.29 is 14.7 Å². The van der Waals surface area contributed by atoms with Crippen LogP contribution in [0.5, 0.6) is 0 Å². The number of benzene rings is 1. The Morgan fingerprint density at radius 3 is 2.60 bits per heavy atom. The van der Waals surface area contributed by atoms with Crippen LogP contribution >= 0.6 is 0 Å². The summed E-state index contributed by atoms with van der Waals surface area (Å²) in [6, 6.07) is 7.88. The van der Waals surface area contributed by atoms with E-state index >= 15 is 0 Å². The Kier molecular flexibility index (Phi) is 3.08. The number of hydrogen-bond acceptors (Lipinski definition) is 4. The van der Waals surface area contributed by atoms with Gasteiger partial charge < -0.3 is 9.94 Å². The van der Waals surface area contributed by atoms with Crippen LogP contribution in [0.3, 0.4) is 0 Å². The summed E-state index contributed by atoms with van der Waals surface area (Å²) in [7, 11) is 0. The molecule has 2 aliphatic rings. The number of ether oxygens (including phenoxy) is 1. The van der Waals surface area contributed by atoms with Gasteiger partial charge in [0.15, 0.2) is 5.78 Å². The molecule has 0 saturated heterocycles. The van der Waals surface area contributed by atoms with Gasteiger partial charge in [-0.15, -0.1) is 0 Å². The maximum absolute atomic E-state index is 12.3. The number of hydrogen-bond donors (Lipinski definition) is 1. The maximum Gasteiger partial charge on any atom is 0.242 e. The topological polar surface area (TPSA) is 58.9 Å². The summed E-state index contributed by atoms with van der Waals surface area (Å²) >= 11 is 0. The summed E-state index contributed by atoms with van der Waals surface area (Å²) in [6.07, 6.45) is 1.26. The molecule has 20 heavy (non-hydrogen) atoms. The molecule has 0 bridgehead atoms. The molecule has 3 rings (SSSR count). The Balaban J connectivity index is 2.07. The monoisotopic (exact) mass is 271 g/mol. The Morgan fingerprint density at radius 1 is 1.25 bits per heavy atom. The molecule has 1 N–H and O–H groups in total. The zero-order valence-electron chi connectivity index (χ0n) is 11.6. The van der Waals surface area contributed by atoms with Gasteiger partial charge in [-0.2, -0.15) is 0 Å². The van der Waals surface area contributed by atoms with Crippen molar-refractivity contribution in [2.75, 3.05) is 0 Å². The van der Waals surface area contributed by atoms with Crippen LogP contribution in [0.4, 0.5) is 0 Å². The van der Waals surface area contributed by atoms with Gasteiger partial charge in [-0.25, -0.2) is 0 Å². The minimum absolute atomic E-state index is 0.1000. The SMILES string of the molecule is Cc1ccc(C2C3=C(CC(C)CC3=O)O/C2=N/O)cc1. The van der Waals surface area contributed by atoms with E-state index in [2.05, 4.69) is 5.16 Å². The third kappa shape index (κ3) is 2.01. The van der Waals surface area contributed by atoms with E-state index < -0.39 is 0 Å². The molecule has 4 heteroatoms. The second-order valence-electron chi connectivity index (χ2n) is 5.66. The molecule has 0 fully saturated rings. The van der Waals surface area contributed by atoms with Crippen molar-refractivity contribution in [2.45, 2.75) is 32.6 Å². The van der Waals surface area contributed by atoms with Crippen LogP contribution in [0.15, 0.2) is 40.8 Å². The normalized spacial score (nSPS) is 27.7.